The number of pyridine rings is 1. The molecule has 0 bridgehead atoms. The van der Waals surface area contributed by atoms with E-state index < -0.39 is 6.43 Å². The molecule has 0 aliphatic heterocycles. The molecule has 0 amide bonds. The molecular formula is C9H8F2N2. The van der Waals surface area contributed by atoms with Gasteiger partial charge in [-0.3, -0.25) is 4.98 Å². The minimum absolute atomic E-state index is 0.00301. The van der Waals surface area contributed by atoms with Crippen LogP contribution in [0, 0.1) is 18.3 Å². The van der Waals surface area contributed by atoms with Crippen molar-refractivity contribution in [3.05, 3.63) is 29.1 Å². The monoisotopic (exact) mass is 182 g/mol. The van der Waals surface area contributed by atoms with E-state index in [1.807, 2.05) is 6.07 Å². The molecule has 0 saturated heterocycles. The summed E-state index contributed by atoms with van der Waals surface area (Å²) in [6.07, 6.45) is -1.12. The van der Waals surface area contributed by atoms with Gasteiger partial charge in [-0.05, 0) is 18.6 Å². The maximum absolute atomic E-state index is 12.5. The topological polar surface area (TPSA) is 36.7 Å². The van der Waals surface area contributed by atoms with Crippen LogP contribution in [0.3, 0.4) is 0 Å². The Labute approximate surface area is 74.8 Å². The first kappa shape index (κ1) is 9.59. The maximum Gasteiger partial charge on any atom is 0.265 e. The van der Waals surface area contributed by atoms with Crippen LogP contribution in [0.15, 0.2) is 12.3 Å². The van der Waals surface area contributed by atoms with Gasteiger partial charge in [0, 0.05) is 17.5 Å². The van der Waals surface area contributed by atoms with Crippen molar-refractivity contribution < 1.29 is 8.78 Å². The summed E-state index contributed by atoms with van der Waals surface area (Å²) >= 11 is 0. The van der Waals surface area contributed by atoms with E-state index in [4.69, 9.17) is 5.26 Å². The lowest BCUT2D eigenvalue weighted by Gasteiger charge is -2.07. The van der Waals surface area contributed by atoms with Crippen LogP contribution in [-0.4, -0.2) is 4.98 Å². The smallest absolute Gasteiger partial charge is 0.261 e. The van der Waals surface area contributed by atoms with Gasteiger partial charge in [0.25, 0.3) is 6.43 Å². The Balaban J connectivity index is 3.19. The molecule has 1 heterocycles. The zero-order valence-corrected chi connectivity index (χ0v) is 7.09. The van der Waals surface area contributed by atoms with Crippen LogP contribution in [0.25, 0.3) is 0 Å². The third-order valence-corrected chi connectivity index (χ3v) is 1.77. The van der Waals surface area contributed by atoms with Crippen LogP contribution in [0.4, 0.5) is 8.78 Å². The fourth-order valence-electron chi connectivity index (χ4n) is 1.17. The van der Waals surface area contributed by atoms with Crippen molar-refractivity contribution in [3.63, 3.8) is 0 Å². The Bertz CT molecular complexity index is 342. The zero-order valence-electron chi connectivity index (χ0n) is 7.09. The van der Waals surface area contributed by atoms with Gasteiger partial charge in [-0.2, -0.15) is 5.26 Å². The lowest BCUT2D eigenvalue weighted by atomic mass is 10.1. The number of alkyl halides is 2. The summed E-state index contributed by atoms with van der Waals surface area (Å²) in [4.78, 5) is 3.75. The molecule has 0 fully saturated rings. The molecule has 0 unspecified atom stereocenters. The molecule has 68 valence electrons. The molecule has 1 aromatic heterocycles. The molecule has 0 radical (unpaired) electrons. The molecular weight excluding hydrogens is 174 g/mol. The molecule has 4 heteroatoms. The standard InChI is InChI=1S/C9H8F2N2/c1-6-8(9(10)11)7(2-4-12)3-5-13-6/h3,5,9H,2H2,1H3. The van der Waals surface area contributed by atoms with Gasteiger partial charge in [0.15, 0.2) is 0 Å². The van der Waals surface area contributed by atoms with Gasteiger partial charge in [0.2, 0.25) is 0 Å². The van der Waals surface area contributed by atoms with Gasteiger partial charge < -0.3 is 0 Å². The average Bonchev–Trinajstić information content (AvgIpc) is 2.04. The van der Waals surface area contributed by atoms with Crippen molar-refractivity contribution in [2.24, 2.45) is 0 Å². The minimum Gasteiger partial charge on any atom is -0.261 e. The summed E-state index contributed by atoms with van der Waals surface area (Å²) in [7, 11) is 0. The highest BCUT2D eigenvalue weighted by atomic mass is 19.3. The lowest BCUT2D eigenvalue weighted by Crippen LogP contribution is -1.99. The Kier molecular flexibility index (Phi) is 2.91. The normalized spacial score (nSPS) is 10.1. The van der Waals surface area contributed by atoms with E-state index in [0.29, 0.717) is 11.3 Å². The summed E-state index contributed by atoms with van der Waals surface area (Å²) < 4.78 is 24.9. The van der Waals surface area contributed by atoms with Crippen LogP contribution < -0.4 is 0 Å². The molecule has 0 N–H and O–H groups in total. The first-order chi connectivity index (χ1) is 6.16. The number of hydrogen-bond donors (Lipinski definition) is 0. The number of hydrogen-bond acceptors (Lipinski definition) is 2. The molecule has 0 atom stereocenters. The highest BCUT2D eigenvalue weighted by Gasteiger charge is 2.15. The number of nitriles is 1. The number of rotatable bonds is 2. The zero-order chi connectivity index (χ0) is 9.84. The summed E-state index contributed by atoms with van der Waals surface area (Å²) in [5.74, 6) is 0. The van der Waals surface area contributed by atoms with Crippen LogP contribution in [0.5, 0.6) is 0 Å². The first-order valence-electron chi connectivity index (χ1n) is 3.76. The minimum atomic E-state index is -2.56. The van der Waals surface area contributed by atoms with Gasteiger partial charge in [-0.15, -0.1) is 0 Å². The van der Waals surface area contributed by atoms with Crippen molar-refractivity contribution >= 4 is 0 Å². The molecule has 0 aromatic carbocycles. The predicted molar refractivity (Wildman–Crippen MR) is 43.2 cm³/mol. The number of aryl methyl sites for hydroxylation is 1. The Morgan fingerprint density at radius 1 is 1.62 bits per heavy atom. The SMILES string of the molecule is Cc1nccc(CC#N)c1C(F)F. The van der Waals surface area contributed by atoms with E-state index in [1.54, 1.807) is 0 Å². The second-order valence-electron chi connectivity index (χ2n) is 2.60. The Hall–Kier alpha value is -1.50. The largest absolute Gasteiger partial charge is 0.265 e. The second-order valence-corrected chi connectivity index (χ2v) is 2.60. The van der Waals surface area contributed by atoms with Crippen LogP contribution >= 0.6 is 0 Å². The molecule has 1 aromatic rings. The van der Waals surface area contributed by atoms with Gasteiger partial charge >= 0.3 is 0 Å². The van der Waals surface area contributed by atoms with Crippen LogP contribution in [0.2, 0.25) is 0 Å². The van der Waals surface area contributed by atoms with Crippen molar-refractivity contribution in [2.75, 3.05) is 0 Å². The van der Waals surface area contributed by atoms with E-state index in [1.165, 1.54) is 19.2 Å². The van der Waals surface area contributed by atoms with E-state index in [-0.39, 0.29) is 12.0 Å². The average molecular weight is 182 g/mol. The number of halogens is 2. The molecule has 0 aliphatic carbocycles. The van der Waals surface area contributed by atoms with E-state index in [2.05, 4.69) is 4.98 Å². The Morgan fingerprint density at radius 2 is 2.31 bits per heavy atom. The maximum atomic E-state index is 12.5. The quantitative estimate of drug-likeness (QED) is 0.704. The fraction of sp³-hybridized carbons (Fsp3) is 0.333. The van der Waals surface area contributed by atoms with Crippen LogP contribution in [-0.2, 0) is 6.42 Å². The summed E-state index contributed by atoms with van der Waals surface area (Å²) in [5.41, 5.74) is 0.553. The molecule has 0 spiro atoms. The molecule has 13 heavy (non-hydrogen) atoms. The number of aromatic nitrogens is 1. The summed E-state index contributed by atoms with van der Waals surface area (Å²) in [5, 5.41) is 8.40. The van der Waals surface area contributed by atoms with E-state index in [0.717, 1.165) is 0 Å². The van der Waals surface area contributed by atoms with Gasteiger partial charge in [-0.1, -0.05) is 0 Å². The van der Waals surface area contributed by atoms with Gasteiger partial charge in [0.1, 0.15) is 0 Å². The van der Waals surface area contributed by atoms with Crippen molar-refractivity contribution in [1.29, 1.82) is 5.26 Å². The third-order valence-electron chi connectivity index (χ3n) is 1.77. The fourth-order valence-corrected chi connectivity index (χ4v) is 1.17. The van der Waals surface area contributed by atoms with Gasteiger partial charge in [0.05, 0.1) is 12.5 Å². The third kappa shape index (κ3) is 2.00. The summed E-state index contributed by atoms with van der Waals surface area (Å²) in [6, 6.07) is 3.30. The van der Waals surface area contributed by atoms with Crippen molar-refractivity contribution in [1.82, 2.24) is 4.98 Å². The molecule has 2 nitrogen and oxygen atoms in total. The van der Waals surface area contributed by atoms with Crippen LogP contribution in [0.1, 0.15) is 23.2 Å². The highest BCUT2D eigenvalue weighted by molar-refractivity contribution is 5.32. The van der Waals surface area contributed by atoms with Crippen molar-refractivity contribution in [3.8, 4) is 6.07 Å². The molecule has 1 rings (SSSR count). The molecule has 0 saturated carbocycles. The predicted octanol–water partition coefficient (Wildman–Crippen LogP) is 2.39. The number of nitrogens with zero attached hydrogens (tertiary/aromatic N) is 2. The van der Waals surface area contributed by atoms with Crippen molar-refractivity contribution in [2.45, 2.75) is 19.8 Å². The lowest BCUT2D eigenvalue weighted by molar-refractivity contribution is 0.149. The van der Waals surface area contributed by atoms with Gasteiger partial charge in [-0.25, -0.2) is 8.78 Å². The second kappa shape index (κ2) is 3.94. The first-order valence-corrected chi connectivity index (χ1v) is 3.76. The highest BCUT2D eigenvalue weighted by Crippen LogP contribution is 2.25. The Morgan fingerprint density at radius 3 is 2.85 bits per heavy atom. The van der Waals surface area contributed by atoms with E-state index in [9.17, 15) is 8.78 Å². The summed E-state index contributed by atoms with van der Waals surface area (Å²) in [6.45, 7) is 1.52. The van der Waals surface area contributed by atoms with E-state index >= 15 is 0 Å². The molecule has 0 aliphatic rings.